The van der Waals surface area contributed by atoms with Gasteiger partial charge in [-0.2, -0.15) is 0 Å². The Bertz CT molecular complexity index is 393. The van der Waals surface area contributed by atoms with Crippen LogP contribution in [0.3, 0.4) is 0 Å². The van der Waals surface area contributed by atoms with Crippen molar-refractivity contribution in [3.05, 3.63) is 10.6 Å². The summed E-state index contributed by atoms with van der Waals surface area (Å²) in [5.74, 6) is -3.55. The molecule has 4 atom stereocenters. The largest absolute Gasteiger partial charge is 0.481 e. The van der Waals surface area contributed by atoms with Crippen LogP contribution in [0.2, 0.25) is 0 Å². The van der Waals surface area contributed by atoms with Crippen molar-refractivity contribution in [2.75, 3.05) is 6.26 Å². The van der Waals surface area contributed by atoms with Gasteiger partial charge in [0.1, 0.15) is 11.6 Å². The van der Waals surface area contributed by atoms with Crippen molar-refractivity contribution < 1.29 is 24.9 Å². The molecule has 6 nitrogen and oxygen atoms in total. The lowest BCUT2D eigenvalue weighted by atomic mass is 9.87. The van der Waals surface area contributed by atoms with E-state index in [9.17, 15) is 14.7 Å². The molecule has 102 valence electrons. The SMILES string of the molecule is CSC1=C(C(=O)O)N[C@@H]([C@H](C(=O)O)[C@@H](C)O)[C@H]1C. The maximum absolute atomic E-state index is 11.2. The molecular formula is C11H17NO5S. The molecule has 1 heterocycles. The normalized spacial score (nSPS) is 26.7. The Morgan fingerprint density at radius 1 is 1.39 bits per heavy atom. The van der Waals surface area contributed by atoms with Crippen LogP contribution in [0.5, 0.6) is 0 Å². The van der Waals surface area contributed by atoms with E-state index < -0.39 is 30.0 Å². The molecule has 0 aliphatic carbocycles. The van der Waals surface area contributed by atoms with Crippen molar-refractivity contribution >= 4 is 23.7 Å². The molecule has 7 heteroatoms. The molecule has 0 aromatic carbocycles. The van der Waals surface area contributed by atoms with E-state index in [1.165, 1.54) is 18.7 Å². The van der Waals surface area contributed by atoms with E-state index in [4.69, 9.17) is 10.2 Å². The summed E-state index contributed by atoms with van der Waals surface area (Å²) in [6.45, 7) is 3.16. The molecule has 0 fully saturated rings. The number of carbonyl (C=O) groups is 2. The van der Waals surface area contributed by atoms with Crippen LogP contribution in [0.25, 0.3) is 0 Å². The monoisotopic (exact) mass is 275 g/mol. The number of thioether (sulfide) groups is 1. The number of aliphatic carboxylic acids is 2. The highest BCUT2D eigenvalue weighted by Gasteiger charge is 2.43. The molecule has 1 aliphatic rings. The van der Waals surface area contributed by atoms with Gasteiger partial charge in [-0.1, -0.05) is 6.92 Å². The molecule has 4 N–H and O–H groups in total. The second kappa shape index (κ2) is 5.62. The fourth-order valence-corrected chi connectivity index (χ4v) is 3.14. The number of hydrogen-bond acceptors (Lipinski definition) is 5. The van der Waals surface area contributed by atoms with E-state index in [2.05, 4.69) is 5.32 Å². The molecular weight excluding hydrogens is 258 g/mol. The predicted molar refractivity (Wildman–Crippen MR) is 67.1 cm³/mol. The van der Waals surface area contributed by atoms with Crippen LogP contribution in [0.1, 0.15) is 13.8 Å². The van der Waals surface area contributed by atoms with Crippen molar-refractivity contribution in [3.63, 3.8) is 0 Å². The fourth-order valence-electron chi connectivity index (χ4n) is 2.27. The molecule has 0 radical (unpaired) electrons. The van der Waals surface area contributed by atoms with Gasteiger partial charge < -0.3 is 20.6 Å². The van der Waals surface area contributed by atoms with Crippen LogP contribution in [-0.4, -0.2) is 45.7 Å². The van der Waals surface area contributed by atoms with Gasteiger partial charge in [0, 0.05) is 16.9 Å². The zero-order valence-corrected chi connectivity index (χ0v) is 11.2. The third-order valence-corrected chi connectivity index (χ3v) is 4.15. The van der Waals surface area contributed by atoms with E-state index >= 15 is 0 Å². The van der Waals surface area contributed by atoms with Gasteiger partial charge in [0.15, 0.2) is 0 Å². The fraction of sp³-hybridized carbons (Fsp3) is 0.636. The second-order valence-corrected chi connectivity index (χ2v) is 5.16. The van der Waals surface area contributed by atoms with Gasteiger partial charge in [0.25, 0.3) is 0 Å². The Hall–Kier alpha value is -1.21. The molecule has 0 bridgehead atoms. The molecule has 0 unspecified atom stereocenters. The maximum atomic E-state index is 11.2. The molecule has 0 aromatic rings. The summed E-state index contributed by atoms with van der Waals surface area (Å²) < 4.78 is 0. The standard InChI is InChI=1S/C11H17NO5S/c1-4-7(6(5(2)13)10(14)15)12-8(11(16)17)9(4)18-3/h4-7,12-13H,1-3H3,(H,14,15)(H,16,17)/t4-,5-,6-,7-/m1/s1. The third-order valence-electron chi connectivity index (χ3n) is 3.14. The number of nitrogens with one attached hydrogen (secondary N) is 1. The number of rotatable bonds is 5. The Morgan fingerprint density at radius 2 is 1.94 bits per heavy atom. The van der Waals surface area contributed by atoms with E-state index in [-0.39, 0.29) is 11.6 Å². The van der Waals surface area contributed by atoms with Crippen LogP contribution in [0.15, 0.2) is 10.6 Å². The van der Waals surface area contributed by atoms with E-state index in [0.717, 1.165) is 0 Å². The highest BCUT2D eigenvalue weighted by molar-refractivity contribution is 8.02. The van der Waals surface area contributed by atoms with Crippen molar-refractivity contribution in [1.82, 2.24) is 5.32 Å². The summed E-state index contributed by atoms with van der Waals surface area (Å²) in [6, 6.07) is -0.615. The Morgan fingerprint density at radius 3 is 2.22 bits per heavy atom. The van der Waals surface area contributed by atoms with Gasteiger partial charge in [-0.15, -0.1) is 11.8 Å². The van der Waals surface area contributed by atoms with Gasteiger partial charge in [-0.3, -0.25) is 4.79 Å². The van der Waals surface area contributed by atoms with Crippen LogP contribution in [0, 0.1) is 11.8 Å². The first-order chi connectivity index (χ1) is 8.31. The molecule has 0 spiro atoms. The third kappa shape index (κ3) is 2.62. The van der Waals surface area contributed by atoms with Gasteiger partial charge in [-0.05, 0) is 13.2 Å². The summed E-state index contributed by atoms with van der Waals surface area (Å²) in [7, 11) is 0. The zero-order valence-electron chi connectivity index (χ0n) is 10.4. The van der Waals surface area contributed by atoms with Gasteiger partial charge in [-0.25, -0.2) is 4.79 Å². The smallest absolute Gasteiger partial charge is 0.352 e. The van der Waals surface area contributed by atoms with E-state index in [1.54, 1.807) is 13.2 Å². The number of hydrogen-bond donors (Lipinski definition) is 4. The summed E-state index contributed by atoms with van der Waals surface area (Å²) in [6.07, 6.45) is 0.690. The van der Waals surface area contributed by atoms with Crippen LogP contribution in [0.4, 0.5) is 0 Å². The minimum Gasteiger partial charge on any atom is -0.481 e. The van der Waals surface area contributed by atoms with Crippen molar-refractivity contribution in [1.29, 1.82) is 0 Å². The quantitative estimate of drug-likeness (QED) is 0.573. The zero-order chi connectivity index (χ0) is 14.0. The topological polar surface area (TPSA) is 107 Å². The van der Waals surface area contributed by atoms with E-state index in [0.29, 0.717) is 4.91 Å². The molecule has 0 aromatic heterocycles. The summed E-state index contributed by atoms with van der Waals surface area (Å²) >= 11 is 1.28. The summed E-state index contributed by atoms with van der Waals surface area (Å²) in [5.41, 5.74) is 0.0342. The maximum Gasteiger partial charge on any atom is 0.352 e. The minimum atomic E-state index is -1.14. The first-order valence-corrected chi connectivity index (χ1v) is 6.72. The first kappa shape index (κ1) is 14.8. The highest BCUT2D eigenvalue weighted by atomic mass is 32.2. The Kier molecular flexibility index (Phi) is 4.64. The van der Waals surface area contributed by atoms with Gasteiger partial charge >= 0.3 is 11.9 Å². The first-order valence-electron chi connectivity index (χ1n) is 5.50. The molecule has 0 saturated carbocycles. The van der Waals surface area contributed by atoms with E-state index in [1.807, 2.05) is 0 Å². The average Bonchev–Trinajstić information content (AvgIpc) is 2.55. The number of carboxylic acids is 2. The van der Waals surface area contributed by atoms with Gasteiger partial charge in [0.2, 0.25) is 0 Å². The Labute approximate surface area is 109 Å². The predicted octanol–water partition coefficient (Wildman–Crippen LogP) is 0.335. The minimum absolute atomic E-state index is 0.0342. The summed E-state index contributed by atoms with van der Waals surface area (Å²) in [5, 5.41) is 30.5. The lowest BCUT2D eigenvalue weighted by molar-refractivity contribution is -0.147. The Balaban J connectivity index is 3.04. The highest BCUT2D eigenvalue weighted by Crippen LogP contribution is 2.36. The number of carboxylic acid groups (broad SMARTS) is 2. The number of aliphatic hydroxyl groups excluding tert-OH is 1. The average molecular weight is 275 g/mol. The van der Waals surface area contributed by atoms with Crippen LogP contribution in [-0.2, 0) is 9.59 Å². The second-order valence-electron chi connectivity index (χ2n) is 4.31. The van der Waals surface area contributed by atoms with Crippen molar-refractivity contribution in [3.8, 4) is 0 Å². The van der Waals surface area contributed by atoms with Crippen LogP contribution < -0.4 is 5.32 Å². The molecule has 18 heavy (non-hydrogen) atoms. The molecule has 1 aliphatic heterocycles. The van der Waals surface area contributed by atoms with Crippen LogP contribution >= 0.6 is 11.8 Å². The van der Waals surface area contributed by atoms with Crippen molar-refractivity contribution in [2.24, 2.45) is 11.8 Å². The van der Waals surface area contributed by atoms with Gasteiger partial charge in [0.05, 0.1) is 6.10 Å². The molecule has 0 amide bonds. The molecule has 0 saturated heterocycles. The summed E-state index contributed by atoms with van der Waals surface area (Å²) in [4.78, 5) is 22.9. The van der Waals surface area contributed by atoms with Crippen molar-refractivity contribution in [2.45, 2.75) is 26.0 Å². The lowest BCUT2D eigenvalue weighted by Crippen LogP contribution is -2.45. The number of aliphatic hydroxyl groups is 1. The lowest BCUT2D eigenvalue weighted by Gasteiger charge is -2.27. The molecule has 1 rings (SSSR count).